The lowest BCUT2D eigenvalue weighted by molar-refractivity contribution is -0.274. The van der Waals surface area contributed by atoms with E-state index in [-0.39, 0.29) is 11.5 Å². The summed E-state index contributed by atoms with van der Waals surface area (Å²) in [6.07, 6.45) is -4.77. The lowest BCUT2D eigenvalue weighted by atomic mass is 10.1. The van der Waals surface area contributed by atoms with Crippen LogP contribution < -0.4 is 10.1 Å². The predicted molar refractivity (Wildman–Crippen MR) is 87.0 cm³/mol. The van der Waals surface area contributed by atoms with E-state index >= 15 is 0 Å². The van der Waals surface area contributed by atoms with Crippen LogP contribution in [-0.2, 0) is 0 Å². The van der Waals surface area contributed by atoms with Gasteiger partial charge in [0.2, 0.25) is 0 Å². The number of furan rings is 1. The van der Waals surface area contributed by atoms with Crippen molar-refractivity contribution in [2.75, 3.05) is 5.32 Å². The van der Waals surface area contributed by atoms with Crippen LogP contribution in [0.2, 0.25) is 5.02 Å². The summed E-state index contributed by atoms with van der Waals surface area (Å²) in [6.45, 7) is 1.72. The number of amides is 1. The zero-order valence-electron chi connectivity index (χ0n) is 12.8. The summed E-state index contributed by atoms with van der Waals surface area (Å²) in [5, 5.41) is 3.79. The number of ether oxygens (including phenoxy) is 1. The van der Waals surface area contributed by atoms with Crippen molar-refractivity contribution in [2.45, 2.75) is 13.3 Å². The van der Waals surface area contributed by atoms with Crippen molar-refractivity contribution in [2.24, 2.45) is 0 Å². The van der Waals surface area contributed by atoms with Crippen LogP contribution in [-0.4, -0.2) is 12.3 Å². The van der Waals surface area contributed by atoms with Crippen molar-refractivity contribution in [1.82, 2.24) is 0 Å². The van der Waals surface area contributed by atoms with Gasteiger partial charge in [0.15, 0.2) is 5.76 Å². The fraction of sp³-hybridized carbons (Fsp3) is 0.118. The molecular formula is C17H11ClF3NO3. The van der Waals surface area contributed by atoms with Crippen LogP contribution in [0.5, 0.6) is 5.75 Å². The lowest BCUT2D eigenvalue weighted by Gasteiger charge is -2.09. The van der Waals surface area contributed by atoms with Gasteiger partial charge in [-0.05, 0) is 49.4 Å². The van der Waals surface area contributed by atoms with E-state index < -0.39 is 12.3 Å². The molecule has 0 radical (unpaired) electrons. The first-order valence-corrected chi connectivity index (χ1v) is 7.46. The van der Waals surface area contributed by atoms with Crippen LogP contribution in [0, 0.1) is 6.92 Å². The number of anilines is 1. The van der Waals surface area contributed by atoms with Gasteiger partial charge in [-0.3, -0.25) is 4.79 Å². The van der Waals surface area contributed by atoms with Crippen molar-refractivity contribution in [3.8, 4) is 5.75 Å². The fourth-order valence-electron chi connectivity index (χ4n) is 2.34. The Hall–Kier alpha value is -2.67. The summed E-state index contributed by atoms with van der Waals surface area (Å²) in [5.41, 5.74) is 1.44. The number of carbonyl (C=O) groups is 1. The first kappa shape index (κ1) is 17.2. The topological polar surface area (TPSA) is 51.5 Å². The lowest BCUT2D eigenvalue weighted by Crippen LogP contribution is -2.17. The number of hydrogen-bond acceptors (Lipinski definition) is 3. The minimum atomic E-state index is -4.77. The van der Waals surface area contributed by atoms with Crippen molar-refractivity contribution in [3.63, 3.8) is 0 Å². The number of aryl methyl sites for hydroxylation is 1. The van der Waals surface area contributed by atoms with E-state index in [1.165, 1.54) is 12.1 Å². The summed E-state index contributed by atoms with van der Waals surface area (Å²) in [5.74, 6) is -0.790. The molecule has 1 aromatic heterocycles. The summed E-state index contributed by atoms with van der Waals surface area (Å²) in [7, 11) is 0. The standard InChI is InChI=1S/C17H11ClF3NO3/c1-9-13-8-10(18)2-7-14(13)24-15(9)16(23)22-11-3-5-12(6-4-11)25-17(19,20)21/h2-8H,1H3,(H,22,23). The number of alkyl halides is 3. The largest absolute Gasteiger partial charge is 0.573 e. The Morgan fingerprint density at radius 3 is 2.48 bits per heavy atom. The smallest absolute Gasteiger partial charge is 0.451 e. The summed E-state index contributed by atoms with van der Waals surface area (Å²) < 4.78 is 45.7. The molecular weight excluding hydrogens is 359 g/mol. The van der Waals surface area contributed by atoms with Crippen LogP contribution in [0.15, 0.2) is 46.9 Å². The number of fused-ring (bicyclic) bond motifs is 1. The Bertz CT molecular complexity index is 933. The number of hydrogen-bond donors (Lipinski definition) is 1. The van der Waals surface area contributed by atoms with E-state index in [1.54, 1.807) is 25.1 Å². The fourth-order valence-corrected chi connectivity index (χ4v) is 2.51. The van der Waals surface area contributed by atoms with Crippen molar-refractivity contribution in [3.05, 3.63) is 58.8 Å². The second kappa shape index (κ2) is 6.33. The van der Waals surface area contributed by atoms with E-state index in [2.05, 4.69) is 10.1 Å². The Morgan fingerprint density at radius 1 is 1.16 bits per heavy atom. The molecule has 8 heteroatoms. The summed E-state index contributed by atoms with van der Waals surface area (Å²) in [6, 6.07) is 9.80. The Morgan fingerprint density at radius 2 is 1.84 bits per heavy atom. The van der Waals surface area contributed by atoms with Gasteiger partial charge in [-0.2, -0.15) is 0 Å². The maximum Gasteiger partial charge on any atom is 0.573 e. The Kier molecular flexibility index (Phi) is 4.34. The highest BCUT2D eigenvalue weighted by atomic mass is 35.5. The highest BCUT2D eigenvalue weighted by molar-refractivity contribution is 6.31. The van der Waals surface area contributed by atoms with E-state index in [0.29, 0.717) is 27.2 Å². The summed E-state index contributed by atoms with van der Waals surface area (Å²) in [4.78, 5) is 12.4. The van der Waals surface area contributed by atoms with Gasteiger partial charge in [-0.25, -0.2) is 0 Å². The molecule has 0 fully saturated rings. The van der Waals surface area contributed by atoms with E-state index in [1.807, 2.05) is 0 Å². The molecule has 3 rings (SSSR count). The maximum absolute atomic E-state index is 12.4. The van der Waals surface area contributed by atoms with Gasteiger partial charge in [-0.1, -0.05) is 11.6 Å². The normalized spacial score (nSPS) is 11.6. The molecule has 0 aliphatic carbocycles. The zero-order chi connectivity index (χ0) is 18.2. The highest BCUT2D eigenvalue weighted by Gasteiger charge is 2.31. The number of halogens is 4. The number of benzene rings is 2. The molecule has 0 saturated heterocycles. The van der Waals surface area contributed by atoms with Crippen LogP contribution in [0.25, 0.3) is 11.0 Å². The highest BCUT2D eigenvalue weighted by Crippen LogP contribution is 2.29. The average Bonchev–Trinajstić information content (AvgIpc) is 2.85. The third-order valence-corrected chi connectivity index (χ3v) is 3.69. The number of carbonyl (C=O) groups excluding carboxylic acids is 1. The monoisotopic (exact) mass is 369 g/mol. The third-order valence-electron chi connectivity index (χ3n) is 3.45. The van der Waals surface area contributed by atoms with Crippen LogP contribution >= 0.6 is 11.6 Å². The van der Waals surface area contributed by atoms with Gasteiger partial charge in [0.25, 0.3) is 5.91 Å². The quantitative estimate of drug-likeness (QED) is 0.659. The zero-order valence-corrected chi connectivity index (χ0v) is 13.5. The number of rotatable bonds is 3. The average molecular weight is 370 g/mol. The van der Waals surface area contributed by atoms with Gasteiger partial charge < -0.3 is 14.5 Å². The van der Waals surface area contributed by atoms with Gasteiger partial charge in [0, 0.05) is 21.7 Å². The maximum atomic E-state index is 12.4. The van der Waals surface area contributed by atoms with Crippen LogP contribution in [0.3, 0.4) is 0 Å². The van der Waals surface area contributed by atoms with Crippen molar-refractivity contribution >= 4 is 34.2 Å². The molecule has 0 saturated carbocycles. The minimum Gasteiger partial charge on any atom is -0.451 e. The van der Waals surface area contributed by atoms with Gasteiger partial charge >= 0.3 is 6.36 Å². The Balaban J connectivity index is 1.79. The molecule has 0 bridgehead atoms. The van der Waals surface area contributed by atoms with Crippen molar-refractivity contribution in [1.29, 1.82) is 0 Å². The second-order valence-corrected chi connectivity index (χ2v) is 5.66. The van der Waals surface area contributed by atoms with Gasteiger partial charge in [-0.15, -0.1) is 13.2 Å². The second-order valence-electron chi connectivity index (χ2n) is 5.22. The summed E-state index contributed by atoms with van der Waals surface area (Å²) >= 11 is 5.94. The minimum absolute atomic E-state index is 0.105. The molecule has 1 amide bonds. The molecule has 0 spiro atoms. The molecule has 0 aliphatic heterocycles. The van der Waals surface area contributed by atoms with Gasteiger partial charge in [0.1, 0.15) is 11.3 Å². The van der Waals surface area contributed by atoms with E-state index in [9.17, 15) is 18.0 Å². The SMILES string of the molecule is Cc1c(C(=O)Nc2ccc(OC(F)(F)F)cc2)oc2ccc(Cl)cc12. The molecule has 0 atom stereocenters. The molecule has 3 aromatic rings. The van der Waals surface area contributed by atoms with Crippen LogP contribution in [0.4, 0.5) is 18.9 Å². The predicted octanol–water partition coefficient (Wildman–Crippen LogP) is 5.55. The van der Waals surface area contributed by atoms with E-state index in [4.69, 9.17) is 16.0 Å². The molecule has 1 N–H and O–H groups in total. The number of nitrogens with one attached hydrogen (secondary N) is 1. The first-order valence-electron chi connectivity index (χ1n) is 7.09. The molecule has 4 nitrogen and oxygen atoms in total. The van der Waals surface area contributed by atoms with Crippen molar-refractivity contribution < 1.29 is 27.1 Å². The molecule has 0 unspecified atom stereocenters. The molecule has 25 heavy (non-hydrogen) atoms. The van der Waals surface area contributed by atoms with Crippen LogP contribution in [0.1, 0.15) is 16.1 Å². The molecule has 130 valence electrons. The molecule has 1 heterocycles. The molecule has 2 aromatic carbocycles. The van der Waals surface area contributed by atoms with Gasteiger partial charge in [0.05, 0.1) is 0 Å². The van der Waals surface area contributed by atoms with E-state index in [0.717, 1.165) is 12.1 Å². The first-order chi connectivity index (χ1) is 11.7. The third kappa shape index (κ3) is 3.88. The Labute approximate surface area is 145 Å². The molecule has 0 aliphatic rings.